The Bertz CT molecular complexity index is 352. The third kappa shape index (κ3) is 1.45. The predicted molar refractivity (Wildman–Crippen MR) is 59.0 cm³/mol. The monoisotopic (exact) mass is 249 g/mol. The number of alkyl halides is 1. The zero-order valence-corrected chi connectivity index (χ0v) is 10.2. The van der Waals surface area contributed by atoms with Gasteiger partial charge in [0.2, 0.25) is 10.0 Å². The molecule has 0 aromatic rings. The molecule has 2 bridgehead atoms. The van der Waals surface area contributed by atoms with Gasteiger partial charge in [-0.25, -0.2) is 12.7 Å². The number of rotatable bonds is 2. The molecule has 1 saturated heterocycles. The summed E-state index contributed by atoms with van der Waals surface area (Å²) in [6.07, 6.45) is 3.99. The van der Waals surface area contributed by atoms with E-state index in [1.54, 1.807) is 4.31 Å². The van der Waals surface area contributed by atoms with Crippen molar-refractivity contribution in [1.82, 2.24) is 4.31 Å². The van der Waals surface area contributed by atoms with Gasteiger partial charge in [-0.1, -0.05) is 0 Å². The Morgan fingerprint density at radius 3 is 2.13 bits per heavy atom. The second-order valence-electron chi connectivity index (χ2n) is 5.20. The fourth-order valence-corrected chi connectivity index (χ4v) is 5.29. The number of halogens is 1. The highest BCUT2D eigenvalue weighted by Crippen LogP contribution is 2.55. The van der Waals surface area contributed by atoms with Gasteiger partial charge in [0.05, 0.1) is 0 Å². The molecule has 4 atom stereocenters. The van der Waals surface area contributed by atoms with Gasteiger partial charge in [-0.15, -0.1) is 11.6 Å². The molecule has 15 heavy (non-hydrogen) atoms. The maximum atomic E-state index is 11.7. The summed E-state index contributed by atoms with van der Waals surface area (Å²) in [5.41, 5.74) is 0. The van der Waals surface area contributed by atoms with Crippen LogP contribution in [0.5, 0.6) is 0 Å². The number of nitrogens with zero attached hydrogens (tertiary/aromatic N) is 1. The van der Waals surface area contributed by atoms with E-state index in [1.165, 1.54) is 19.3 Å². The van der Waals surface area contributed by atoms with Crippen LogP contribution in [0.15, 0.2) is 0 Å². The van der Waals surface area contributed by atoms with Gasteiger partial charge in [-0.05, 0) is 42.9 Å². The van der Waals surface area contributed by atoms with E-state index in [1.807, 2.05) is 0 Å². The van der Waals surface area contributed by atoms with Gasteiger partial charge in [-0.2, -0.15) is 0 Å². The summed E-state index contributed by atoms with van der Waals surface area (Å²) < 4.78 is 24.9. The fourth-order valence-electron chi connectivity index (χ4n) is 3.94. The summed E-state index contributed by atoms with van der Waals surface area (Å²) in [4.78, 5) is 0. The quantitative estimate of drug-likeness (QED) is 0.696. The van der Waals surface area contributed by atoms with E-state index in [0.717, 1.165) is 24.9 Å². The van der Waals surface area contributed by atoms with Crippen molar-refractivity contribution in [2.75, 3.05) is 18.3 Å². The topological polar surface area (TPSA) is 37.4 Å². The highest BCUT2D eigenvalue weighted by molar-refractivity contribution is 7.90. The van der Waals surface area contributed by atoms with Gasteiger partial charge in [-0.3, -0.25) is 0 Å². The van der Waals surface area contributed by atoms with Crippen molar-refractivity contribution in [3.8, 4) is 0 Å². The molecule has 0 spiro atoms. The summed E-state index contributed by atoms with van der Waals surface area (Å²) in [5.74, 6) is 2.88. The summed E-state index contributed by atoms with van der Waals surface area (Å²) in [7, 11) is -3.16. The van der Waals surface area contributed by atoms with Crippen LogP contribution in [0.2, 0.25) is 0 Å². The molecular formula is C10H16ClNO2S. The average Bonchev–Trinajstić information content (AvgIpc) is 2.89. The second kappa shape index (κ2) is 3.34. The fraction of sp³-hybridized carbons (Fsp3) is 1.00. The first-order chi connectivity index (χ1) is 7.12. The molecule has 2 unspecified atom stereocenters. The minimum absolute atomic E-state index is 0.262. The van der Waals surface area contributed by atoms with Crippen molar-refractivity contribution < 1.29 is 8.42 Å². The largest absolute Gasteiger partial charge is 0.228 e. The lowest BCUT2D eigenvalue weighted by molar-refractivity contribution is 0.281. The van der Waals surface area contributed by atoms with Crippen LogP contribution in [0.25, 0.3) is 0 Å². The van der Waals surface area contributed by atoms with Crippen LogP contribution in [0.4, 0.5) is 0 Å². The number of fused-ring (bicyclic) bond motifs is 5. The van der Waals surface area contributed by atoms with Crippen molar-refractivity contribution >= 4 is 21.6 Å². The Morgan fingerprint density at radius 1 is 1.13 bits per heavy atom. The van der Waals surface area contributed by atoms with Gasteiger partial charge in [0.15, 0.2) is 0 Å². The SMILES string of the molecule is O=S(=O)(CCl)N1C[C@@H]2C3CCC(C3)[C@@H]2C1. The Hall–Kier alpha value is 0.200. The first-order valence-corrected chi connectivity index (χ1v) is 7.80. The number of hydrogen-bond acceptors (Lipinski definition) is 2. The van der Waals surface area contributed by atoms with Gasteiger partial charge >= 0.3 is 0 Å². The molecule has 3 fully saturated rings. The van der Waals surface area contributed by atoms with Crippen LogP contribution in [-0.2, 0) is 10.0 Å². The van der Waals surface area contributed by atoms with E-state index >= 15 is 0 Å². The molecule has 0 radical (unpaired) electrons. The Balaban J connectivity index is 1.80. The van der Waals surface area contributed by atoms with Gasteiger partial charge in [0.1, 0.15) is 5.21 Å². The van der Waals surface area contributed by atoms with Gasteiger partial charge < -0.3 is 0 Å². The van der Waals surface area contributed by atoms with Crippen molar-refractivity contribution in [3.63, 3.8) is 0 Å². The molecule has 0 amide bonds. The van der Waals surface area contributed by atoms with Crippen molar-refractivity contribution in [1.29, 1.82) is 0 Å². The first-order valence-electron chi connectivity index (χ1n) is 5.65. The molecule has 1 aliphatic heterocycles. The van der Waals surface area contributed by atoms with Gasteiger partial charge in [0.25, 0.3) is 0 Å². The molecule has 0 N–H and O–H groups in total. The molecule has 0 aromatic heterocycles. The summed E-state index contributed by atoms with van der Waals surface area (Å²) in [5, 5.41) is -0.262. The van der Waals surface area contributed by atoms with E-state index < -0.39 is 10.0 Å². The molecule has 0 aromatic carbocycles. The normalized spacial score (nSPS) is 44.9. The molecule has 86 valence electrons. The predicted octanol–water partition coefficient (Wildman–Crippen LogP) is 1.49. The minimum atomic E-state index is -3.16. The average molecular weight is 250 g/mol. The van der Waals surface area contributed by atoms with Crippen LogP contribution >= 0.6 is 11.6 Å². The summed E-state index contributed by atoms with van der Waals surface area (Å²) >= 11 is 5.49. The van der Waals surface area contributed by atoms with Crippen LogP contribution in [0.1, 0.15) is 19.3 Å². The standard InChI is InChI=1S/C10H16ClNO2S/c11-6-15(13,14)12-4-9-7-1-2-8(3-7)10(9)5-12/h7-10H,1-6H2/t7?,8?,9-,10+. The van der Waals surface area contributed by atoms with E-state index in [4.69, 9.17) is 11.6 Å². The molecule has 3 rings (SSSR count). The summed E-state index contributed by atoms with van der Waals surface area (Å²) in [6, 6.07) is 0. The van der Waals surface area contributed by atoms with Crippen LogP contribution < -0.4 is 0 Å². The van der Waals surface area contributed by atoms with Crippen LogP contribution in [0, 0.1) is 23.7 Å². The molecule has 1 heterocycles. The maximum absolute atomic E-state index is 11.7. The smallest absolute Gasteiger partial charge is 0.211 e. The highest BCUT2D eigenvalue weighted by atomic mass is 35.5. The molecular weight excluding hydrogens is 234 g/mol. The molecule has 3 aliphatic rings. The lowest BCUT2D eigenvalue weighted by atomic mass is 9.82. The van der Waals surface area contributed by atoms with E-state index in [-0.39, 0.29) is 5.21 Å². The number of sulfonamides is 1. The van der Waals surface area contributed by atoms with E-state index in [9.17, 15) is 8.42 Å². The lowest BCUT2D eigenvalue weighted by Crippen LogP contribution is -2.31. The third-order valence-electron chi connectivity index (χ3n) is 4.63. The zero-order valence-electron chi connectivity index (χ0n) is 8.60. The lowest BCUT2D eigenvalue weighted by Gasteiger charge is -2.22. The Kier molecular flexibility index (Phi) is 2.31. The van der Waals surface area contributed by atoms with E-state index in [2.05, 4.69) is 0 Å². The Morgan fingerprint density at radius 2 is 1.67 bits per heavy atom. The molecule has 2 saturated carbocycles. The molecule has 5 heteroatoms. The Labute approximate surface area is 95.8 Å². The maximum Gasteiger partial charge on any atom is 0.228 e. The zero-order chi connectivity index (χ0) is 10.6. The molecule has 2 aliphatic carbocycles. The van der Waals surface area contributed by atoms with Gasteiger partial charge in [0, 0.05) is 13.1 Å². The van der Waals surface area contributed by atoms with Crippen molar-refractivity contribution in [2.45, 2.75) is 19.3 Å². The van der Waals surface area contributed by atoms with Crippen molar-refractivity contribution in [2.24, 2.45) is 23.7 Å². The van der Waals surface area contributed by atoms with E-state index in [0.29, 0.717) is 11.8 Å². The van der Waals surface area contributed by atoms with Crippen LogP contribution in [-0.4, -0.2) is 31.0 Å². The summed E-state index contributed by atoms with van der Waals surface area (Å²) in [6.45, 7) is 1.47. The second-order valence-corrected chi connectivity index (χ2v) is 7.75. The third-order valence-corrected chi connectivity index (χ3v) is 6.82. The minimum Gasteiger partial charge on any atom is -0.211 e. The first kappa shape index (κ1) is 10.4. The highest BCUT2D eigenvalue weighted by Gasteiger charge is 2.53. The van der Waals surface area contributed by atoms with Crippen LogP contribution in [0.3, 0.4) is 0 Å². The molecule has 3 nitrogen and oxygen atoms in total. The van der Waals surface area contributed by atoms with Crippen molar-refractivity contribution in [3.05, 3.63) is 0 Å². The number of hydrogen-bond donors (Lipinski definition) is 0.